The molecule has 7 nitrogen and oxygen atoms in total. The van der Waals surface area contributed by atoms with Gasteiger partial charge >= 0.3 is 0 Å². The third-order valence-electron chi connectivity index (χ3n) is 3.42. The van der Waals surface area contributed by atoms with E-state index in [9.17, 15) is 9.90 Å². The number of aliphatic hydroxyl groups is 1. The quantitative estimate of drug-likeness (QED) is 0.410. The van der Waals surface area contributed by atoms with Crippen LogP contribution in [0.5, 0.6) is 5.75 Å². The Morgan fingerprint density at radius 3 is 3.04 bits per heavy atom. The van der Waals surface area contributed by atoms with Crippen LogP contribution in [0.15, 0.2) is 53.4 Å². The summed E-state index contributed by atoms with van der Waals surface area (Å²) in [6.07, 6.45) is 4.26. The lowest BCUT2D eigenvalue weighted by molar-refractivity contribution is 0.104. The number of ketones is 1. The minimum Gasteiger partial charge on any atom is -0.504 e. The molecule has 1 aromatic carbocycles. The maximum atomic E-state index is 12.4. The Bertz CT molecular complexity index is 866. The van der Waals surface area contributed by atoms with Crippen molar-refractivity contribution in [3.8, 4) is 5.75 Å². The summed E-state index contributed by atoms with van der Waals surface area (Å²) < 4.78 is 10.6. The van der Waals surface area contributed by atoms with Gasteiger partial charge in [-0.2, -0.15) is 5.10 Å². The van der Waals surface area contributed by atoms with Crippen LogP contribution >= 0.6 is 0 Å². The van der Waals surface area contributed by atoms with Crippen LogP contribution < -0.4 is 4.74 Å². The van der Waals surface area contributed by atoms with Crippen LogP contribution in [0.3, 0.4) is 0 Å². The molecule has 0 aliphatic rings. The van der Waals surface area contributed by atoms with Gasteiger partial charge in [0.2, 0.25) is 5.82 Å². The van der Waals surface area contributed by atoms with Crippen LogP contribution in [0.2, 0.25) is 0 Å². The molecule has 0 saturated carbocycles. The van der Waals surface area contributed by atoms with Crippen molar-refractivity contribution in [1.82, 2.24) is 15.2 Å². The van der Waals surface area contributed by atoms with E-state index in [0.717, 1.165) is 17.4 Å². The summed E-state index contributed by atoms with van der Waals surface area (Å²) in [5, 5.41) is 16.1. The Morgan fingerprint density at radius 1 is 1.42 bits per heavy atom. The van der Waals surface area contributed by atoms with Gasteiger partial charge in [-0.1, -0.05) is 12.1 Å². The molecule has 122 valence electrons. The van der Waals surface area contributed by atoms with Crippen molar-refractivity contribution < 1.29 is 19.1 Å². The number of carbonyl (C=O) groups is 1. The van der Waals surface area contributed by atoms with Crippen LogP contribution in [0.25, 0.3) is 5.76 Å². The molecule has 0 unspecified atom stereocenters. The number of ether oxygens (including phenoxy) is 1. The summed E-state index contributed by atoms with van der Waals surface area (Å²) in [4.78, 5) is 16.1. The van der Waals surface area contributed by atoms with Crippen molar-refractivity contribution >= 4 is 11.5 Å². The molecule has 0 fully saturated rings. The largest absolute Gasteiger partial charge is 0.504 e. The van der Waals surface area contributed by atoms with Gasteiger partial charge in [-0.3, -0.25) is 9.89 Å². The summed E-state index contributed by atoms with van der Waals surface area (Å²) in [6.45, 7) is 0. The normalized spacial score (nSPS) is 11.5. The zero-order valence-electron chi connectivity index (χ0n) is 12.9. The Labute approximate surface area is 137 Å². The van der Waals surface area contributed by atoms with Gasteiger partial charge in [0.05, 0.1) is 18.9 Å². The molecule has 2 N–H and O–H groups in total. The predicted octanol–water partition coefficient (Wildman–Crippen LogP) is 2.78. The van der Waals surface area contributed by atoms with Crippen LogP contribution in [-0.4, -0.2) is 33.2 Å². The van der Waals surface area contributed by atoms with Crippen molar-refractivity contribution in [3.63, 3.8) is 0 Å². The molecule has 0 aliphatic carbocycles. The standard InChI is InChI=1S/C17H15N3O4/c1-23-12-4-2-3-11(7-12)8-16-13(5-6-24-16)14(21)9-15(22)17-18-10-19-20-17/h2-7,9-10,22H,8H2,1H3,(H,18,19,20). The van der Waals surface area contributed by atoms with Gasteiger partial charge in [-0.25, -0.2) is 4.98 Å². The summed E-state index contributed by atoms with van der Waals surface area (Å²) in [6, 6.07) is 9.07. The number of furan rings is 1. The van der Waals surface area contributed by atoms with E-state index in [0.29, 0.717) is 17.7 Å². The number of H-pyrrole nitrogens is 1. The molecular weight excluding hydrogens is 310 g/mol. The van der Waals surface area contributed by atoms with Gasteiger partial charge in [0.15, 0.2) is 11.5 Å². The maximum Gasteiger partial charge on any atom is 0.215 e. The van der Waals surface area contributed by atoms with E-state index in [1.165, 1.54) is 12.6 Å². The fourth-order valence-electron chi connectivity index (χ4n) is 2.26. The number of methoxy groups -OCH3 is 1. The number of nitrogens with one attached hydrogen (secondary N) is 1. The van der Waals surface area contributed by atoms with E-state index in [1.54, 1.807) is 13.2 Å². The number of nitrogens with zero attached hydrogens (tertiary/aromatic N) is 2. The molecule has 2 heterocycles. The van der Waals surface area contributed by atoms with Crippen molar-refractivity contribution in [2.45, 2.75) is 6.42 Å². The SMILES string of the molecule is COc1cccc(Cc2occc2C(=O)C=C(O)c2nc[nH]n2)c1. The average Bonchev–Trinajstić information content (AvgIpc) is 3.26. The number of rotatable bonds is 6. The Kier molecular flexibility index (Phi) is 4.42. The van der Waals surface area contributed by atoms with E-state index in [-0.39, 0.29) is 17.4 Å². The van der Waals surface area contributed by atoms with Gasteiger partial charge in [-0.05, 0) is 23.8 Å². The van der Waals surface area contributed by atoms with Crippen molar-refractivity contribution in [1.29, 1.82) is 0 Å². The maximum absolute atomic E-state index is 12.4. The molecule has 0 bridgehead atoms. The molecule has 3 rings (SSSR count). The monoisotopic (exact) mass is 325 g/mol. The summed E-state index contributed by atoms with van der Waals surface area (Å²) in [5.74, 6) is 0.598. The van der Waals surface area contributed by atoms with Gasteiger partial charge in [0, 0.05) is 12.5 Å². The van der Waals surface area contributed by atoms with Gasteiger partial charge in [0.1, 0.15) is 17.8 Å². The minimum absolute atomic E-state index is 0.0567. The van der Waals surface area contributed by atoms with E-state index in [4.69, 9.17) is 9.15 Å². The number of hydrogen-bond donors (Lipinski definition) is 2. The lowest BCUT2D eigenvalue weighted by Gasteiger charge is -2.04. The van der Waals surface area contributed by atoms with Crippen molar-refractivity contribution in [3.05, 3.63) is 71.7 Å². The van der Waals surface area contributed by atoms with E-state index in [1.807, 2.05) is 24.3 Å². The van der Waals surface area contributed by atoms with Gasteiger partial charge in [-0.15, -0.1) is 0 Å². The number of aromatic amines is 1. The lowest BCUT2D eigenvalue weighted by Crippen LogP contribution is -2.01. The van der Waals surface area contributed by atoms with Crippen LogP contribution in [0, 0.1) is 0 Å². The first-order valence-corrected chi connectivity index (χ1v) is 7.18. The second-order valence-electron chi connectivity index (χ2n) is 5.00. The van der Waals surface area contributed by atoms with Gasteiger partial charge in [0.25, 0.3) is 0 Å². The Balaban J connectivity index is 1.82. The third kappa shape index (κ3) is 3.35. The Morgan fingerprint density at radius 2 is 2.29 bits per heavy atom. The van der Waals surface area contributed by atoms with Crippen LogP contribution in [-0.2, 0) is 6.42 Å². The van der Waals surface area contributed by atoms with Crippen molar-refractivity contribution in [2.24, 2.45) is 0 Å². The van der Waals surface area contributed by atoms with Gasteiger partial charge < -0.3 is 14.3 Å². The van der Waals surface area contributed by atoms with E-state index < -0.39 is 0 Å². The number of aromatic nitrogens is 3. The molecule has 24 heavy (non-hydrogen) atoms. The number of carbonyl (C=O) groups excluding carboxylic acids is 1. The van der Waals surface area contributed by atoms with Crippen molar-refractivity contribution in [2.75, 3.05) is 7.11 Å². The third-order valence-corrected chi connectivity index (χ3v) is 3.42. The second-order valence-corrected chi connectivity index (χ2v) is 5.00. The molecule has 7 heteroatoms. The molecule has 0 atom stereocenters. The van der Waals surface area contributed by atoms with E-state index in [2.05, 4.69) is 15.2 Å². The molecule has 0 radical (unpaired) electrons. The summed E-state index contributed by atoms with van der Waals surface area (Å²) in [5.41, 5.74) is 1.32. The predicted molar refractivity (Wildman–Crippen MR) is 85.8 cm³/mol. The first kappa shape index (κ1) is 15.5. The fourth-order valence-corrected chi connectivity index (χ4v) is 2.26. The average molecular weight is 325 g/mol. The van der Waals surface area contributed by atoms with E-state index >= 15 is 0 Å². The highest BCUT2D eigenvalue weighted by Gasteiger charge is 2.15. The molecule has 2 aromatic heterocycles. The highest BCUT2D eigenvalue weighted by atomic mass is 16.5. The number of aliphatic hydroxyl groups excluding tert-OH is 1. The molecule has 0 spiro atoms. The highest BCUT2D eigenvalue weighted by molar-refractivity contribution is 6.08. The first-order chi connectivity index (χ1) is 11.7. The second kappa shape index (κ2) is 6.82. The molecule has 0 saturated heterocycles. The zero-order chi connectivity index (χ0) is 16.9. The number of benzene rings is 1. The highest BCUT2D eigenvalue weighted by Crippen LogP contribution is 2.20. The molecular formula is C17H15N3O4. The zero-order valence-corrected chi connectivity index (χ0v) is 12.9. The van der Waals surface area contributed by atoms with Crippen LogP contribution in [0.4, 0.5) is 0 Å². The topological polar surface area (TPSA) is 101 Å². The fraction of sp³-hybridized carbons (Fsp3) is 0.118. The Hall–Kier alpha value is -3.35. The summed E-state index contributed by atoms with van der Waals surface area (Å²) in [7, 11) is 1.59. The molecule has 0 aliphatic heterocycles. The number of hydrogen-bond acceptors (Lipinski definition) is 6. The number of allylic oxidation sites excluding steroid dienone is 1. The lowest BCUT2D eigenvalue weighted by atomic mass is 10.0. The smallest absolute Gasteiger partial charge is 0.215 e. The molecule has 3 aromatic rings. The molecule has 0 amide bonds. The van der Waals surface area contributed by atoms with Crippen LogP contribution in [0.1, 0.15) is 27.5 Å². The summed E-state index contributed by atoms with van der Waals surface area (Å²) >= 11 is 0. The first-order valence-electron chi connectivity index (χ1n) is 7.18. The minimum atomic E-state index is -0.385.